The first kappa shape index (κ1) is 14.7. The van der Waals surface area contributed by atoms with Crippen molar-refractivity contribution in [3.63, 3.8) is 0 Å². The predicted octanol–water partition coefficient (Wildman–Crippen LogP) is 3.44. The monoisotopic (exact) mass is 230 g/mol. The smallest absolute Gasteiger partial charge is 0.196 e. The molecular weight excluding hydrogens is 208 g/mol. The second-order valence-electron chi connectivity index (χ2n) is 3.97. The van der Waals surface area contributed by atoms with Gasteiger partial charge in [0.2, 0.25) is 0 Å². The van der Waals surface area contributed by atoms with Gasteiger partial charge in [-0.15, -0.1) is 0 Å². The number of hydrogen-bond acceptors (Lipinski definition) is 3. The van der Waals surface area contributed by atoms with E-state index in [-0.39, 0.29) is 23.2 Å². The third-order valence-corrected chi connectivity index (χ3v) is 3.19. The van der Waals surface area contributed by atoms with Crippen molar-refractivity contribution in [3.05, 3.63) is 0 Å². The molecule has 0 saturated carbocycles. The van der Waals surface area contributed by atoms with Gasteiger partial charge in [0, 0.05) is 5.92 Å². The van der Waals surface area contributed by atoms with Crippen LogP contribution in [0.25, 0.3) is 0 Å². The Balaban J connectivity index is 3.64. The molecular formula is C12H22O2S. The van der Waals surface area contributed by atoms with E-state index in [0.29, 0.717) is 0 Å². The number of rotatable bonds is 8. The summed E-state index contributed by atoms with van der Waals surface area (Å²) in [7, 11) is 0. The Bertz CT molecular complexity index is 202. The fraction of sp³-hybridized carbons (Fsp3) is 0.833. The Morgan fingerprint density at radius 2 is 1.87 bits per heavy atom. The molecule has 1 unspecified atom stereocenters. The Labute approximate surface area is 97.2 Å². The maximum atomic E-state index is 11.5. The SMILES string of the molecule is CCCCCCC(C)C(=O)CC(=O)SC. The van der Waals surface area contributed by atoms with Gasteiger partial charge in [0.1, 0.15) is 5.78 Å². The molecule has 0 aliphatic rings. The summed E-state index contributed by atoms with van der Waals surface area (Å²) in [6, 6.07) is 0. The summed E-state index contributed by atoms with van der Waals surface area (Å²) in [4.78, 5) is 22.6. The topological polar surface area (TPSA) is 34.1 Å². The van der Waals surface area contributed by atoms with Crippen molar-refractivity contribution in [1.82, 2.24) is 0 Å². The van der Waals surface area contributed by atoms with Crippen molar-refractivity contribution in [2.45, 2.75) is 52.4 Å². The van der Waals surface area contributed by atoms with Gasteiger partial charge in [0.25, 0.3) is 0 Å². The van der Waals surface area contributed by atoms with Crippen LogP contribution in [0.1, 0.15) is 52.4 Å². The number of thioether (sulfide) groups is 1. The molecule has 0 spiro atoms. The Morgan fingerprint density at radius 1 is 1.20 bits per heavy atom. The van der Waals surface area contributed by atoms with Gasteiger partial charge in [-0.3, -0.25) is 9.59 Å². The first-order chi connectivity index (χ1) is 7.11. The zero-order valence-electron chi connectivity index (χ0n) is 10.0. The van der Waals surface area contributed by atoms with Crippen LogP contribution in [-0.4, -0.2) is 17.2 Å². The summed E-state index contributed by atoms with van der Waals surface area (Å²) < 4.78 is 0. The van der Waals surface area contributed by atoms with Crippen LogP contribution in [0, 0.1) is 5.92 Å². The third-order valence-electron chi connectivity index (χ3n) is 2.59. The minimum atomic E-state index is -0.0135. The van der Waals surface area contributed by atoms with Gasteiger partial charge >= 0.3 is 0 Å². The van der Waals surface area contributed by atoms with E-state index < -0.39 is 0 Å². The Morgan fingerprint density at radius 3 is 2.40 bits per heavy atom. The van der Waals surface area contributed by atoms with Crippen LogP contribution < -0.4 is 0 Å². The van der Waals surface area contributed by atoms with Gasteiger partial charge in [-0.25, -0.2) is 0 Å². The molecule has 0 amide bonds. The molecule has 0 radical (unpaired) electrons. The lowest BCUT2D eigenvalue weighted by Crippen LogP contribution is -2.14. The lowest BCUT2D eigenvalue weighted by molar-refractivity contribution is -0.126. The molecule has 0 aromatic rings. The van der Waals surface area contributed by atoms with Gasteiger partial charge in [0.15, 0.2) is 5.12 Å². The number of unbranched alkanes of at least 4 members (excludes halogenated alkanes) is 3. The van der Waals surface area contributed by atoms with Gasteiger partial charge in [-0.2, -0.15) is 0 Å². The molecule has 3 heteroatoms. The van der Waals surface area contributed by atoms with E-state index in [4.69, 9.17) is 0 Å². The standard InChI is InChI=1S/C12H22O2S/c1-4-5-6-7-8-10(2)11(13)9-12(14)15-3/h10H,4-9H2,1-3H3. The van der Waals surface area contributed by atoms with Crippen molar-refractivity contribution in [2.24, 2.45) is 5.92 Å². The Hall–Kier alpha value is -0.310. The van der Waals surface area contributed by atoms with Crippen LogP contribution in [-0.2, 0) is 9.59 Å². The molecule has 0 saturated heterocycles. The predicted molar refractivity (Wildman–Crippen MR) is 66.1 cm³/mol. The number of Topliss-reactive ketones (excluding diaryl/α,β-unsaturated/α-hetero) is 1. The van der Waals surface area contributed by atoms with E-state index in [1.54, 1.807) is 6.26 Å². The number of hydrogen-bond donors (Lipinski definition) is 0. The molecule has 0 bridgehead atoms. The molecule has 15 heavy (non-hydrogen) atoms. The lowest BCUT2D eigenvalue weighted by atomic mass is 9.97. The molecule has 2 nitrogen and oxygen atoms in total. The molecule has 88 valence electrons. The first-order valence-corrected chi connectivity index (χ1v) is 6.93. The van der Waals surface area contributed by atoms with Crippen LogP contribution in [0.2, 0.25) is 0 Å². The van der Waals surface area contributed by atoms with Crippen LogP contribution >= 0.6 is 11.8 Å². The summed E-state index contributed by atoms with van der Waals surface area (Å²) in [5, 5.41) is -0.0135. The third kappa shape index (κ3) is 7.60. The number of ketones is 1. The van der Waals surface area contributed by atoms with E-state index in [2.05, 4.69) is 6.92 Å². The second-order valence-corrected chi connectivity index (χ2v) is 4.83. The average Bonchev–Trinajstić information content (AvgIpc) is 2.23. The van der Waals surface area contributed by atoms with E-state index in [0.717, 1.165) is 24.6 Å². The Kier molecular flexibility index (Phi) is 8.77. The maximum absolute atomic E-state index is 11.5. The molecule has 0 heterocycles. The van der Waals surface area contributed by atoms with Crippen molar-refractivity contribution in [2.75, 3.05) is 6.26 Å². The fourth-order valence-electron chi connectivity index (χ4n) is 1.43. The summed E-state index contributed by atoms with van der Waals surface area (Å²) in [5.74, 6) is 0.156. The van der Waals surface area contributed by atoms with E-state index in [1.807, 2.05) is 6.92 Å². The summed E-state index contributed by atoms with van der Waals surface area (Å²) in [6.07, 6.45) is 7.52. The van der Waals surface area contributed by atoms with Crippen LogP contribution in [0.4, 0.5) is 0 Å². The zero-order valence-corrected chi connectivity index (χ0v) is 10.9. The average molecular weight is 230 g/mol. The minimum Gasteiger partial charge on any atom is -0.299 e. The molecule has 0 rings (SSSR count). The van der Waals surface area contributed by atoms with Crippen molar-refractivity contribution in [3.8, 4) is 0 Å². The van der Waals surface area contributed by atoms with Crippen molar-refractivity contribution < 1.29 is 9.59 Å². The number of carbonyl (C=O) groups is 2. The molecule has 0 fully saturated rings. The highest BCUT2D eigenvalue weighted by molar-refractivity contribution is 8.13. The molecule has 0 aromatic heterocycles. The highest BCUT2D eigenvalue weighted by Crippen LogP contribution is 2.14. The van der Waals surface area contributed by atoms with Gasteiger partial charge in [0.05, 0.1) is 6.42 Å². The van der Waals surface area contributed by atoms with Crippen molar-refractivity contribution in [1.29, 1.82) is 0 Å². The first-order valence-electron chi connectivity index (χ1n) is 5.71. The lowest BCUT2D eigenvalue weighted by Gasteiger charge is -2.08. The molecule has 0 N–H and O–H groups in total. The highest BCUT2D eigenvalue weighted by Gasteiger charge is 2.15. The number of carbonyl (C=O) groups excluding carboxylic acids is 2. The van der Waals surface area contributed by atoms with Crippen LogP contribution in [0.3, 0.4) is 0 Å². The van der Waals surface area contributed by atoms with E-state index in [1.165, 1.54) is 19.3 Å². The van der Waals surface area contributed by atoms with Gasteiger partial charge in [-0.05, 0) is 12.7 Å². The van der Waals surface area contributed by atoms with E-state index >= 15 is 0 Å². The molecule has 0 aliphatic heterocycles. The van der Waals surface area contributed by atoms with Gasteiger partial charge < -0.3 is 0 Å². The van der Waals surface area contributed by atoms with Crippen molar-refractivity contribution >= 4 is 22.7 Å². The second kappa shape index (κ2) is 8.96. The highest BCUT2D eigenvalue weighted by atomic mass is 32.2. The van der Waals surface area contributed by atoms with E-state index in [9.17, 15) is 9.59 Å². The maximum Gasteiger partial charge on any atom is 0.196 e. The fourth-order valence-corrected chi connectivity index (χ4v) is 1.71. The summed E-state index contributed by atoms with van der Waals surface area (Å²) >= 11 is 1.14. The van der Waals surface area contributed by atoms with Crippen LogP contribution in [0.5, 0.6) is 0 Å². The zero-order chi connectivity index (χ0) is 11.7. The quantitative estimate of drug-likeness (QED) is 0.473. The largest absolute Gasteiger partial charge is 0.299 e. The van der Waals surface area contributed by atoms with Crippen LogP contribution in [0.15, 0.2) is 0 Å². The summed E-state index contributed by atoms with van der Waals surface area (Å²) in [6.45, 7) is 4.10. The summed E-state index contributed by atoms with van der Waals surface area (Å²) in [5.41, 5.74) is 0. The van der Waals surface area contributed by atoms with Gasteiger partial charge in [-0.1, -0.05) is 51.3 Å². The minimum absolute atomic E-state index is 0.0135. The molecule has 0 aliphatic carbocycles. The molecule has 0 aromatic carbocycles. The molecule has 1 atom stereocenters. The normalized spacial score (nSPS) is 12.5.